The van der Waals surface area contributed by atoms with E-state index in [1.807, 2.05) is 36.4 Å². The van der Waals surface area contributed by atoms with E-state index < -0.39 is 0 Å². The van der Waals surface area contributed by atoms with Gasteiger partial charge in [0, 0.05) is 0 Å². The van der Waals surface area contributed by atoms with E-state index in [4.69, 9.17) is 0 Å². The molecule has 0 aliphatic carbocycles. The fourth-order valence-electron chi connectivity index (χ4n) is 2.22. The Balaban J connectivity index is 2.27. The highest BCUT2D eigenvalue weighted by Crippen LogP contribution is 2.28. The van der Waals surface area contributed by atoms with Gasteiger partial charge in [0.25, 0.3) is 0 Å². The molecule has 0 fully saturated rings. The van der Waals surface area contributed by atoms with Gasteiger partial charge in [-0.2, -0.15) is 9.98 Å². The van der Waals surface area contributed by atoms with Crippen LogP contribution in [0.2, 0.25) is 0 Å². The topological polar surface area (TPSA) is 58.9 Å². The number of hydrogen-bond acceptors (Lipinski definition) is 4. The Morgan fingerprint density at radius 1 is 0.600 bits per heavy atom. The summed E-state index contributed by atoms with van der Waals surface area (Å²) in [6, 6.07) is 15.0. The van der Waals surface area contributed by atoms with Crippen LogP contribution in [0.5, 0.6) is 0 Å². The summed E-state index contributed by atoms with van der Waals surface area (Å²) in [6.07, 6.45) is 3.07. The van der Waals surface area contributed by atoms with Crippen molar-refractivity contribution in [1.29, 1.82) is 0 Å². The number of fused-ring (bicyclic) bond motifs is 2. The van der Waals surface area contributed by atoms with Crippen LogP contribution >= 0.6 is 0 Å². The number of carbonyl (C=O) groups excluding carboxylic acids is 2. The smallest absolute Gasteiger partial charge is 0.211 e. The van der Waals surface area contributed by atoms with Gasteiger partial charge in [-0.25, -0.2) is 9.59 Å². The number of isocyanates is 2. The van der Waals surface area contributed by atoms with Crippen LogP contribution < -0.4 is 0 Å². The van der Waals surface area contributed by atoms with E-state index in [1.54, 1.807) is 12.1 Å². The van der Waals surface area contributed by atoms with E-state index in [2.05, 4.69) is 9.98 Å². The molecule has 0 spiro atoms. The van der Waals surface area contributed by atoms with Crippen LogP contribution in [0, 0.1) is 0 Å². The number of aliphatic imine (C=N–C) groups is 2. The van der Waals surface area contributed by atoms with E-state index >= 15 is 0 Å². The lowest BCUT2D eigenvalue weighted by Gasteiger charge is -2.03. The molecule has 0 aliphatic heterocycles. The minimum Gasteiger partial charge on any atom is -0.211 e. The van der Waals surface area contributed by atoms with Crippen molar-refractivity contribution in [2.24, 2.45) is 9.98 Å². The molecule has 0 saturated heterocycles. The zero-order chi connectivity index (χ0) is 13.9. The third kappa shape index (κ3) is 2.13. The number of benzene rings is 3. The molecule has 3 aromatic rings. The quantitative estimate of drug-likeness (QED) is 0.398. The van der Waals surface area contributed by atoms with E-state index in [-0.39, 0.29) is 0 Å². The Kier molecular flexibility index (Phi) is 2.94. The van der Waals surface area contributed by atoms with Gasteiger partial charge in [0.1, 0.15) is 0 Å². The first kappa shape index (κ1) is 12.0. The van der Waals surface area contributed by atoms with Crippen LogP contribution in [0.15, 0.2) is 58.5 Å². The van der Waals surface area contributed by atoms with Crippen molar-refractivity contribution in [1.82, 2.24) is 0 Å². The van der Waals surface area contributed by atoms with Crippen molar-refractivity contribution in [3.8, 4) is 0 Å². The van der Waals surface area contributed by atoms with E-state index in [0.717, 1.165) is 21.5 Å². The predicted octanol–water partition coefficient (Wildman–Crippen LogP) is 3.93. The van der Waals surface area contributed by atoms with Crippen LogP contribution in [-0.2, 0) is 9.59 Å². The molecule has 0 radical (unpaired) electrons. The van der Waals surface area contributed by atoms with Crippen molar-refractivity contribution in [2.45, 2.75) is 0 Å². The maximum absolute atomic E-state index is 10.3. The normalized spacial score (nSPS) is 10.0. The van der Waals surface area contributed by atoms with Crippen molar-refractivity contribution < 1.29 is 9.59 Å². The molecule has 4 heteroatoms. The van der Waals surface area contributed by atoms with Gasteiger partial charge in [0.05, 0.1) is 11.4 Å². The lowest BCUT2D eigenvalue weighted by molar-refractivity contribution is 0.564. The van der Waals surface area contributed by atoms with Gasteiger partial charge in [0.15, 0.2) is 0 Å². The molecule has 0 atom stereocenters. The molecular formula is C16H8N2O2. The highest BCUT2D eigenvalue weighted by atomic mass is 16.1. The summed E-state index contributed by atoms with van der Waals surface area (Å²) in [5, 5.41) is 4.02. The van der Waals surface area contributed by atoms with E-state index in [0.29, 0.717) is 11.4 Å². The SMILES string of the molecule is O=C=Nc1ccc2cc3cc(N=C=O)ccc3cc2c1. The highest BCUT2D eigenvalue weighted by Gasteiger charge is 2.01. The number of rotatable bonds is 2. The Bertz CT molecular complexity index is 841. The summed E-state index contributed by atoms with van der Waals surface area (Å²) in [5.41, 5.74) is 1.16. The monoisotopic (exact) mass is 260 g/mol. The zero-order valence-corrected chi connectivity index (χ0v) is 10.3. The Morgan fingerprint density at radius 3 is 1.45 bits per heavy atom. The summed E-state index contributed by atoms with van der Waals surface area (Å²) in [6.45, 7) is 0. The molecule has 3 rings (SSSR count). The first-order valence-electron chi connectivity index (χ1n) is 5.93. The summed E-state index contributed by atoms with van der Waals surface area (Å²) < 4.78 is 0. The van der Waals surface area contributed by atoms with Crippen LogP contribution in [-0.4, -0.2) is 12.2 Å². The van der Waals surface area contributed by atoms with Crippen molar-refractivity contribution >= 4 is 45.1 Å². The molecule has 0 N–H and O–H groups in total. The van der Waals surface area contributed by atoms with Crippen LogP contribution in [0.3, 0.4) is 0 Å². The molecular weight excluding hydrogens is 252 g/mol. The summed E-state index contributed by atoms with van der Waals surface area (Å²) in [4.78, 5) is 27.8. The van der Waals surface area contributed by atoms with E-state index in [9.17, 15) is 9.59 Å². The molecule has 0 bridgehead atoms. The molecule has 3 aromatic carbocycles. The van der Waals surface area contributed by atoms with Crippen LogP contribution in [0.25, 0.3) is 21.5 Å². The maximum atomic E-state index is 10.3. The standard InChI is InChI=1S/C16H8N2O2/c19-9-17-15-3-1-11-5-14-8-16(18-10-20)4-2-12(14)6-13(11)7-15/h1-8H. The fraction of sp³-hybridized carbons (Fsp3) is 0. The lowest BCUT2D eigenvalue weighted by atomic mass is 10.0. The van der Waals surface area contributed by atoms with Gasteiger partial charge in [0.2, 0.25) is 12.2 Å². The molecule has 0 unspecified atom stereocenters. The second-order valence-electron chi connectivity index (χ2n) is 4.32. The molecule has 0 aromatic heterocycles. The summed E-state index contributed by atoms with van der Waals surface area (Å²) in [5.74, 6) is 0. The minimum atomic E-state index is 0.578. The Morgan fingerprint density at radius 2 is 1.05 bits per heavy atom. The van der Waals surface area contributed by atoms with Crippen molar-refractivity contribution in [2.75, 3.05) is 0 Å². The number of nitrogens with zero attached hydrogens (tertiary/aromatic N) is 2. The van der Waals surface area contributed by atoms with Gasteiger partial charge in [-0.15, -0.1) is 0 Å². The van der Waals surface area contributed by atoms with Gasteiger partial charge in [-0.05, 0) is 57.9 Å². The fourth-order valence-corrected chi connectivity index (χ4v) is 2.22. The molecule has 0 heterocycles. The molecule has 20 heavy (non-hydrogen) atoms. The van der Waals surface area contributed by atoms with Crippen molar-refractivity contribution in [3.63, 3.8) is 0 Å². The van der Waals surface area contributed by atoms with Gasteiger partial charge in [-0.3, -0.25) is 0 Å². The van der Waals surface area contributed by atoms with Crippen molar-refractivity contribution in [3.05, 3.63) is 48.5 Å². The van der Waals surface area contributed by atoms with Gasteiger partial charge < -0.3 is 0 Å². The molecule has 0 amide bonds. The van der Waals surface area contributed by atoms with Gasteiger partial charge >= 0.3 is 0 Å². The summed E-state index contributed by atoms with van der Waals surface area (Å²) in [7, 11) is 0. The Hall–Kier alpha value is -3.06. The molecule has 4 nitrogen and oxygen atoms in total. The minimum absolute atomic E-state index is 0.578. The second kappa shape index (κ2) is 4.90. The van der Waals surface area contributed by atoms with Crippen LogP contribution in [0.4, 0.5) is 11.4 Å². The number of hydrogen-bond donors (Lipinski definition) is 0. The first-order chi connectivity index (χ1) is 9.80. The zero-order valence-electron chi connectivity index (χ0n) is 10.3. The van der Waals surface area contributed by atoms with Gasteiger partial charge in [-0.1, -0.05) is 12.1 Å². The van der Waals surface area contributed by atoms with E-state index in [1.165, 1.54) is 12.2 Å². The van der Waals surface area contributed by atoms with Crippen LogP contribution in [0.1, 0.15) is 0 Å². The average Bonchev–Trinajstić information content (AvgIpc) is 2.46. The molecule has 0 saturated carbocycles. The largest absolute Gasteiger partial charge is 0.240 e. The molecule has 94 valence electrons. The third-order valence-corrected chi connectivity index (χ3v) is 3.11. The summed E-state index contributed by atoms with van der Waals surface area (Å²) >= 11 is 0. The molecule has 0 aliphatic rings. The second-order valence-corrected chi connectivity index (χ2v) is 4.32. The lowest BCUT2D eigenvalue weighted by Crippen LogP contribution is -1.77. The maximum Gasteiger partial charge on any atom is 0.240 e. The average molecular weight is 260 g/mol. The highest BCUT2D eigenvalue weighted by molar-refractivity contribution is 6.00. The first-order valence-corrected chi connectivity index (χ1v) is 5.93. The third-order valence-electron chi connectivity index (χ3n) is 3.11. The Labute approximate surface area is 114 Å². The predicted molar refractivity (Wildman–Crippen MR) is 77.0 cm³/mol.